The van der Waals surface area contributed by atoms with E-state index in [2.05, 4.69) is 6.58 Å². The van der Waals surface area contributed by atoms with Gasteiger partial charge >= 0.3 is 37.7 Å². The number of carboxylic acids is 2. The summed E-state index contributed by atoms with van der Waals surface area (Å²) in [5.41, 5.74) is 1.17. The molecule has 0 N–H and O–H groups in total. The minimum Gasteiger partial charge on any atom is -0.545 e. The van der Waals surface area contributed by atoms with Gasteiger partial charge in [-0.3, -0.25) is 0 Å². The van der Waals surface area contributed by atoms with Gasteiger partial charge in [-0.1, -0.05) is 43.0 Å². The average molecular weight is 258 g/mol. The van der Waals surface area contributed by atoms with Crippen molar-refractivity contribution < 1.29 is 19.8 Å². The minimum absolute atomic E-state index is 0. The molecule has 17 heavy (non-hydrogen) atoms. The second-order valence-electron chi connectivity index (χ2n) is 2.59. The van der Waals surface area contributed by atoms with Crippen LogP contribution in [-0.4, -0.2) is 49.7 Å². The number of carbonyl (C=O) groups is 2. The molecule has 0 spiro atoms. The molecule has 0 saturated heterocycles. The van der Waals surface area contributed by atoms with E-state index < -0.39 is 11.9 Å². The molecule has 0 aromatic heterocycles. The Morgan fingerprint density at radius 2 is 1.41 bits per heavy atom. The molecule has 0 aliphatic heterocycles. The number of hydrogen-bond acceptors (Lipinski definition) is 4. The summed E-state index contributed by atoms with van der Waals surface area (Å²) in [6, 6.07) is 10.0. The van der Waals surface area contributed by atoms with Gasteiger partial charge in [0.05, 0.1) is 11.9 Å². The van der Waals surface area contributed by atoms with Crippen LogP contribution in [-0.2, 0) is 9.59 Å². The molecule has 4 nitrogen and oxygen atoms in total. The standard InChI is InChI=1S/C8H8.C4H4O4.Ca/c1-2-8-6-4-3-5-7-8;5-3(6)1-2-4(7)8;/h2-7H,1H2;1-2H,(H,5,6)(H,7,8);/q;;+2/p-2/b;2-1-;. The van der Waals surface area contributed by atoms with Gasteiger partial charge in [0, 0.05) is 0 Å². The number of rotatable bonds is 3. The fraction of sp³-hybridized carbons (Fsp3) is 0. The Bertz CT molecular complexity index is 369. The molecule has 0 amide bonds. The Balaban J connectivity index is 0. The second-order valence-corrected chi connectivity index (χ2v) is 2.59. The quantitative estimate of drug-likeness (QED) is 0.514. The van der Waals surface area contributed by atoms with Gasteiger partial charge in [-0.2, -0.15) is 0 Å². The summed E-state index contributed by atoms with van der Waals surface area (Å²) >= 11 is 0. The summed E-state index contributed by atoms with van der Waals surface area (Å²) in [5.74, 6) is -3.09. The first kappa shape index (κ1) is 18.3. The largest absolute Gasteiger partial charge is 2.00 e. The predicted molar refractivity (Wildman–Crippen MR) is 61.4 cm³/mol. The summed E-state index contributed by atoms with van der Waals surface area (Å²) in [6.45, 7) is 3.63. The monoisotopic (exact) mass is 258 g/mol. The van der Waals surface area contributed by atoms with E-state index in [4.69, 9.17) is 0 Å². The van der Waals surface area contributed by atoms with Gasteiger partial charge in [0.25, 0.3) is 0 Å². The SMILES string of the molecule is C=Cc1ccccc1.O=C([O-])/C=C\C(=O)[O-].[Ca+2]. The molecule has 1 aromatic carbocycles. The molecule has 0 aliphatic carbocycles. The molecular formula is C12H10CaO4. The molecule has 0 bridgehead atoms. The van der Waals surface area contributed by atoms with Gasteiger partial charge < -0.3 is 19.8 Å². The van der Waals surface area contributed by atoms with Crippen molar-refractivity contribution in [1.29, 1.82) is 0 Å². The van der Waals surface area contributed by atoms with Crippen LogP contribution in [0.1, 0.15) is 5.56 Å². The van der Waals surface area contributed by atoms with Gasteiger partial charge in [-0.25, -0.2) is 0 Å². The van der Waals surface area contributed by atoms with Crippen LogP contribution in [0.25, 0.3) is 6.08 Å². The topological polar surface area (TPSA) is 80.3 Å². The van der Waals surface area contributed by atoms with Crippen molar-refractivity contribution in [3.05, 3.63) is 54.6 Å². The van der Waals surface area contributed by atoms with Crippen molar-refractivity contribution in [3.63, 3.8) is 0 Å². The van der Waals surface area contributed by atoms with Crippen LogP contribution in [0.3, 0.4) is 0 Å². The molecule has 0 saturated carbocycles. The predicted octanol–water partition coefficient (Wildman–Crippen LogP) is -1.01. The summed E-state index contributed by atoms with van der Waals surface area (Å²) in [6.07, 6.45) is 2.60. The van der Waals surface area contributed by atoms with Crippen molar-refractivity contribution in [2.45, 2.75) is 0 Å². The van der Waals surface area contributed by atoms with Crippen LogP contribution >= 0.6 is 0 Å². The Morgan fingerprint density at radius 3 is 1.65 bits per heavy atom. The third-order valence-electron chi connectivity index (χ3n) is 1.39. The van der Waals surface area contributed by atoms with Crippen LogP contribution in [0.4, 0.5) is 0 Å². The van der Waals surface area contributed by atoms with E-state index in [-0.39, 0.29) is 37.7 Å². The van der Waals surface area contributed by atoms with Crippen molar-refractivity contribution >= 4 is 55.8 Å². The summed E-state index contributed by atoms with van der Waals surface area (Å²) in [4.78, 5) is 18.8. The maximum atomic E-state index is 9.41. The van der Waals surface area contributed by atoms with Crippen LogP contribution < -0.4 is 10.2 Å². The molecule has 1 rings (SSSR count). The smallest absolute Gasteiger partial charge is 0.545 e. The van der Waals surface area contributed by atoms with E-state index in [1.165, 1.54) is 5.56 Å². The van der Waals surface area contributed by atoms with Gasteiger partial charge in [-0.05, 0) is 17.7 Å². The number of aliphatic carboxylic acids is 2. The maximum Gasteiger partial charge on any atom is 2.00 e. The molecule has 0 atom stereocenters. The average Bonchev–Trinajstić information content (AvgIpc) is 2.28. The van der Waals surface area contributed by atoms with Crippen LogP contribution in [0.2, 0.25) is 0 Å². The fourth-order valence-electron chi connectivity index (χ4n) is 0.725. The summed E-state index contributed by atoms with van der Waals surface area (Å²) in [7, 11) is 0. The number of carbonyl (C=O) groups excluding carboxylic acids is 2. The molecular weight excluding hydrogens is 248 g/mol. The maximum absolute atomic E-state index is 9.41. The first-order valence-electron chi connectivity index (χ1n) is 4.33. The molecule has 0 fully saturated rings. The Labute approximate surface area is 129 Å². The van der Waals surface area contributed by atoms with Crippen molar-refractivity contribution in [2.75, 3.05) is 0 Å². The van der Waals surface area contributed by atoms with E-state index in [1.807, 2.05) is 36.4 Å². The Morgan fingerprint density at radius 1 is 1.00 bits per heavy atom. The fourth-order valence-corrected chi connectivity index (χ4v) is 0.725. The zero-order valence-corrected chi connectivity index (χ0v) is 11.4. The molecule has 0 radical (unpaired) electrons. The first-order chi connectivity index (χ1) is 7.56. The Kier molecular flexibility index (Phi) is 12.2. The molecule has 5 heteroatoms. The zero-order chi connectivity index (χ0) is 12.4. The zero-order valence-electron chi connectivity index (χ0n) is 9.17. The van der Waals surface area contributed by atoms with E-state index in [9.17, 15) is 19.8 Å². The van der Waals surface area contributed by atoms with Gasteiger partial charge in [0.15, 0.2) is 0 Å². The van der Waals surface area contributed by atoms with Gasteiger partial charge in [0.1, 0.15) is 0 Å². The number of carboxylic acid groups (broad SMARTS) is 2. The normalized spacial score (nSPS) is 8.47. The van der Waals surface area contributed by atoms with Crippen LogP contribution in [0.15, 0.2) is 49.1 Å². The molecule has 0 unspecified atom stereocenters. The molecule has 0 aliphatic rings. The molecule has 84 valence electrons. The molecule has 0 heterocycles. The second kappa shape index (κ2) is 11.4. The van der Waals surface area contributed by atoms with Crippen molar-refractivity contribution in [1.82, 2.24) is 0 Å². The van der Waals surface area contributed by atoms with Gasteiger partial charge in [-0.15, -0.1) is 0 Å². The molecule has 1 aromatic rings. The van der Waals surface area contributed by atoms with Crippen molar-refractivity contribution in [2.24, 2.45) is 0 Å². The van der Waals surface area contributed by atoms with Crippen LogP contribution in [0, 0.1) is 0 Å². The van der Waals surface area contributed by atoms with E-state index in [0.717, 1.165) is 0 Å². The number of benzene rings is 1. The minimum atomic E-state index is -1.55. The van der Waals surface area contributed by atoms with Crippen LogP contribution in [0.5, 0.6) is 0 Å². The first-order valence-corrected chi connectivity index (χ1v) is 4.33. The summed E-state index contributed by atoms with van der Waals surface area (Å²) < 4.78 is 0. The Hall–Kier alpha value is -1.10. The van der Waals surface area contributed by atoms with Gasteiger partial charge in [0.2, 0.25) is 0 Å². The number of hydrogen-bond donors (Lipinski definition) is 0. The third-order valence-corrected chi connectivity index (χ3v) is 1.39. The van der Waals surface area contributed by atoms with Crippen molar-refractivity contribution in [3.8, 4) is 0 Å². The van der Waals surface area contributed by atoms with E-state index >= 15 is 0 Å². The van der Waals surface area contributed by atoms with E-state index in [0.29, 0.717) is 12.2 Å². The summed E-state index contributed by atoms with van der Waals surface area (Å²) in [5, 5.41) is 18.8. The van der Waals surface area contributed by atoms with E-state index in [1.54, 1.807) is 0 Å². The third kappa shape index (κ3) is 12.8.